The Bertz CT molecular complexity index is 302. The fourth-order valence-corrected chi connectivity index (χ4v) is 1.95. The second kappa shape index (κ2) is 4.69. The molecule has 0 aliphatic carbocycles. The van der Waals surface area contributed by atoms with Crippen molar-refractivity contribution in [1.29, 1.82) is 0 Å². The summed E-state index contributed by atoms with van der Waals surface area (Å²) in [4.78, 5) is 14.4. The van der Waals surface area contributed by atoms with Gasteiger partial charge in [-0.25, -0.2) is 4.98 Å². The molecule has 0 spiro atoms. The van der Waals surface area contributed by atoms with Gasteiger partial charge in [0.25, 0.3) is 0 Å². The van der Waals surface area contributed by atoms with E-state index in [0.29, 0.717) is 6.42 Å². The average molecular weight is 265 g/mol. The highest BCUT2D eigenvalue weighted by atomic mass is 79.9. The molecule has 0 fully saturated rings. The molecule has 1 aromatic rings. The van der Waals surface area contributed by atoms with E-state index in [1.807, 2.05) is 5.38 Å². The van der Waals surface area contributed by atoms with E-state index in [9.17, 15) is 4.79 Å². The smallest absolute Gasteiger partial charge is 0.303 e. The minimum Gasteiger partial charge on any atom is -0.481 e. The highest BCUT2D eigenvalue weighted by Gasteiger charge is 2.11. The molecule has 0 bridgehead atoms. The number of nitrogens with zero attached hydrogens (tertiary/aromatic N) is 1. The average Bonchev–Trinajstić information content (AvgIpc) is 2.47. The molecule has 0 aliphatic rings. The maximum Gasteiger partial charge on any atom is 0.303 e. The van der Waals surface area contributed by atoms with Crippen LogP contribution >= 0.6 is 27.3 Å². The third kappa shape index (κ3) is 3.41. The van der Waals surface area contributed by atoms with E-state index in [0.717, 1.165) is 9.61 Å². The summed E-state index contributed by atoms with van der Waals surface area (Å²) in [7, 11) is 0. The van der Waals surface area contributed by atoms with Gasteiger partial charge in [0, 0.05) is 17.8 Å². The molecular weight excluding hydrogens is 256 g/mol. The van der Waals surface area contributed by atoms with Crippen LogP contribution in [-0.4, -0.2) is 16.1 Å². The van der Waals surface area contributed by atoms with Crippen molar-refractivity contribution in [3.05, 3.63) is 15.0 Å². The van der Waals surface area contributed by atoms with Gasteiger partial charge in [0.05, 0.1) is 5.69 Å². The third-order valence-electron chi connectivity index (χ3n) is 1.54. The molecule has 13 heavy (non-hydrogen) atoms. The quantitative estimate of drug-likeness (QED) is 0.869. The molecule has 72 valence electrons. The summed E-state index contributed by atoms with van der Waals surface area (Å²) in [6.07, 6.45) is 0.502. The van der Waals surface area contributed by atoms with Crippen molar-refractivity contribution in [2.75, 3.05) is 0 Å². The van der Waals surface area contributed by atoms with Crippen LogP contribution in [0.5, 0.6) is 0 Å². The van der Waals surface area contributed by atoms with Crippen molar-refractivity contribution >= 4 is 33.2 Å². The molecule has 0 aliphatic heterocycles. The summed E-state index contributed by atoms with van der Waals surface area (Å²) in [5, 5.41) is 10.3. The zero-order chi connectivity index (χ0) is 9.84. The van der Waals surface area contributed by atoms with E-state index in [1.54, 1.807) is 0 Å². The predicted octanol–water partition coefficient (Wildman–Crippen LogP) is 1.77. The molecule has 0 saturated carbocycles. The second-order valence-corrected chi connectivity index (χ2v) is 4.70. The number of carboxylic acid groups (broad SMARTS) is 1. The molecule has 1 unspecified atom stereocenters. The topological polar surface area (TPSA) is 76.2 Å². The van der Waals surface area contributed by atoms with Crippen molar-refractivity contribution < 1.29 is 9.90 Å². The SMILES string of the molecule is NC(CCC(=O)O)c1csc(Br)n1. The van der Waals surface area contributed by atoms with Gasteiger partial charge in [-0.15, -0.1) is 11.3 Å². The third-order valence-corrected chi connectivity index (χ3v) is 2.93. The van der Waals surface area contributed by atoms with Gasteiger partial charge in [0.2, 0.25) is 0 Å². The Kier molecular flexibility index (Phi) is 3.83. The van der Waals surface area contributed by atoms with Gasteiger partial charge in [-0.1, -0.05) is 0 Å². The van der Waals surface area contributed by atoms with Crippen LogP contribution < -0.4 is 5.73 Å². The van der Waals surface area contributed by atoms with E-state index in [4.69, 9.17) is 10.8 Å². The first-order valence-electron chi connectivity index (χ1n) is 3.68. The zero-order valence-corrected chi connectivity index (χ0v) is 9.14. The van der Waals surface area contributed by atoms with Crippen LogP contribution in [0.25, 0.3) is 0 Å². The van der Waals surface area contributed by atoms with Crippen LogP contribution in [0.4, 0.5) is 0 Å². The van der Waals surface area contributed by atoms with Gasteiger partial charge in [0.15, 0.2) is 3.92 Å². The van der Waals surface area contributed by atoms with Gasteiger partial charge >= 0.3 is 5.97 Å². The van der Waals surface area contributed by atoms with Gasteiger partial charge in [-0.3, -0.25) is 4.79 Å². The van der Waals surface area contributed by atoms with Gasteiger partial charge in [0.1, 0.15) is 0 Å². The predicted molar refractivity (Wildman–Crippen MR) is 53.6 cm³/mol. The van der Waals surface area contributed by atoms with Crippen LogP contribution in [0.2, 0.25) is 0 Å². The summed E-state index contributed by atoms with van der Waals surface area (Å²) in [6, 6.07) is -0.279. The summed E-state index contributed by atoms with van der Waals surface area (Å²) < 4.78 is 0.772. The molecule has 0 radical (unpaired) electrons. The Morgan fingerprint density at radius 3 is 3.00 bits per heavy atom. The molecule has 3 N–H and O–H groups in total. The lowest BCUT2D eigenvalue weighted by atomic mass is 10.1. The van der Waals surface area contributed by atoms with Crippen LogP contribution in [-0.2, 0) is 4.79 Å². The Morgan fingerprint density at radius 1 is 1.85 bits per heavy atom. The highest BCUT2D eigenvalue weighted by Crippen LogP contribution is 2.21. The van der Waals surface area contributed by atoms with Crippen LogP contribution in [0, 0.1) is 0 Å². The lowest BCUT2D eigenvalue weighted by Gasteiger charge is -2.05. The first-order valence-corrected chi connectivity index (χ1v) is 5.35. The second-order valence-electron chi connectivity index (χ2n) is 2.56. The summed E-state index contributed by atoms with van der Waals surface area (Å²) in [5.41, 5.74) is 6.46. The highest BCUT2D eigenvalue weighted by molar-refractivity contribution is 9.11. The van der Waals surface area contributed by atoms with Crippen LogP contribution in [0.1, 0.15) is 24.6 Å². The number of hydrogen-bond donors (Lipinski definition) is 2. The Hall–Kier alpha value is -0.460. The number of aromatic nitrogens is 1. The molecule has 1 aromatic heterocycles. The van der Waals surface area contributed by atoms with Crippen LogP contribution in [0.3, 0.4) is 0 Å². The fraction of sp³-hybridized carbons (Fsp3) is 0.429. The van der Waals surface area contributed by atoms with E-state index >= 15 is 0 Å². The lowest BCUT2D eigenvalue weighted by molar-refractivity contribution is -0.137. The largest absolute Gasteiger partial charge is 0.481 e. The van der Waals surface area contributed by atoms with Crippen molar-refractivity contribution in [3.63, 3.8) is 0 Å². The van der Waals surface area contributed by atoms with Gasteiger partial charge < -0.3 is 10.8 Å². The summed E-state index contributed by atoms with van der Waals surface area (Å²) >= 11 is 4.66. The molecule has 1 atom stereocenters. The standard InChI is InChI=1S/C7H9BrN2O2S/c8-7-10-5(3-13-7)4(9)1-2-6(11)12/h3-4H,1-2,9H2,(H,11,12). The lowest BCUT2D eigenvalue weighted by Crippen LogP contribution is -2.12. The molecule has 6 heteroatoms. The van der Waals surface area contributed by atoms with E-state index < -0.39 is 5.97 Å². The number of aliphatic carboxylic acids is 1. The Labute approximate surface area is 87.9 Å². The number of halogens is 1. The minimum absolute atomic E-state index is 0.0797. The minimum atomic E-state index is -0.829. The van der Waals surface area contributed by atoms with Gasteiger partial charge in [-0.05, 0) is 22.4 Å². The van der Waals surface area contributed by atoms with Crippen molar-refractivity contribution in [1.82, 2.24) is 4.98 Å². The number of hydrogen-bond acceptors (Lipinski definition) is 4. The molecule has 0 aromatic carbocycles. The monoisotopic (exact) mass is 264 g/mol. The first kappa shape index (κ1) is 10.6. The van der Waals surface area contributed by atoms with E-state index in [2.05, 4.69) is 20.9 Å². The molecule has 1 heterocycles. The maximum atomic E-state index is 10.3. The normalized spacial score (nSPS) is 12.8. The maximum absolute atomic E-state index is 10.3. The summed E-state index contributed by atoms with van der Waals surface area (Å²) in [6.45, 7) is 0. The number of thiazole rings is 1. The van der Waals surface area contributed by atoms with Crippen molar-refractivity contribution in [2.45, 2.75) is 18.9 Å². The fourth-order valence-electron chi connectivity index (χ4n) is 0.860. The molecule has 1 rings (SSSR count). The number of nitrogens with two attached hydrogens (primary N) is 1. The number of carboxylic acids is 1. The number of rotatable bonds is 4. The van der Waals surface area contributed by atoms with Crippen LogP contribution in [0.15, 0.2) is 9.30 Å². The van der Waals surface area contributed by atoms with Crippen molar-refractivity contribution in [2.24, 2.45) is 5.73 Å². The molecule has 0 amide bonds. The summed E-state index contributed by atoms with van der Waals surface area (Å²) in [5.74, 6) is -0.829. The Morgan fingerprint density at radius 2 is 2.54 bits per heavy atom. The number of carbonyl (C=O) groups is 1. The van der Waals surface area contributed by atoms with Crippen molar-refractivity contribution in [3.8, 4) is 0 Å². The van der Waals surface area contributed by atoms with E-state index in [-0.39, 0.29) is 12.5 Å². The molecular formula is C7H9BrN2O2S. The molecule has 0 saturated heterocycles. The Balaban J connectivity index is 2.48. The zero-order valence-electron chi connectivity index (χ0n) is 6.74. The van der Waals surface area contributed by atoms with Gasteiger partial charge in [-0.2, -0.15) is 0 Å². The van der Waals surface area contributed by atoms with E-state index in [1.165, 1.54) is 11.3 Å². The first-order chi connectivity index (χ1) is 6.09. The molecule has 4 nitrogen and oxygen atoms in total.